The maximum atomic E-state index is 6.06. The molecule has 0 radical (unpaired) electrons. The molecule has 0 aliphatic carbocycles. The quantitative estimate of drug-likeness (QED) is 0.472. The fourth-order valence-electron chi connectivity index (χ4n) is 3.51. The number of ether oxygens (including phenoxy) is 6. The second-order valence-electron chi connectivity index (χ2n) is 6.41. The number of hydrogen-bond donors (Lipinski definition) is 0. The largest absolute Gasteiger partial charge is 0.485 e. The minimum Gasteiger partial charge on any atom is -0.485 e. The molecule has 0 N–H and O–H groups in total. The minimum atomic E-state index is 0.530. The van der Waals surface area contributed by atoms with Crippen molar-refractivity contribution in [3.05, 3.63) is 10.3 Å². The van der Waals surface area contributed by atoms with Crippen molar-refractivity contribution in [3.8, 4) is 54.0 Å². The summed E-state index contributed by atoms with van der Waals surface area (Å²) in [6.07, 6.45) is 0. The molecule has 0 aromatic carbocycles. The Morgan fingerprint density at radius 1 is 0.567 bits per heavy atom. The molecule has 0 saturated carbocycles. The van der Waals surface area contributed by atoms with Crippen molar-refractivity contribution in [2.75, 3.05) is 39.6 Å². The van der Waals surface area contributed by atoms with Crippen molar-refractivity contribution in [2.45, 2.75) is 20.8 Å². The molecule has 0 spiro atoms. The van der Waals surface area contributed by atoms with Gasteiger partial charge in [-0.05, 0) is 6.92 Å². The second-order valence-corrected chi connectivity index (χ2v) is 9.54. The standard InChI is InChI=1S/C19H16O6S3.C2H6/c1-9-11-13(23-5-4-21-11)18(27-9)19-15-14(24-6-7-25-15)17(28-19)16-12-10(8-26-16)20-2-3-22-12;1-2/h8H,2-7H2,1H3;1-2H3. The Bertz CT molecular complexity index is 1060. The summed E-state index contributed by atoms with van der Waals surface area (Å²) in [5.41, 5.74) is 0. The Morgan fingerprint density at radius 2 is 1.03 bits per heavy atom. The number of aryl methyl sites for hydroxylation is 1. The Balaban J connectivity index is 0.000000937. The van der Waals surface area contributed by atoms with E-state index in [9.17, 15) is 0 Å². The maximum Gasteiger partial charge on any atom is 0.181 e. The molecular formula is C21H22O6S3. The second kappa shape index (κ2) is 8.20. The van der Waals surface area contributed by atoms with Gasteiger partial charge < -0.3 is 28.4 Å². The van der Waals surface area contributed by atoms with Gasteiger partial charge in [-0.1, -0.05) is 13.8 Å². The van der Waals surface area contributed by atoms with Crippen LogP contribution < -0.4 is 28.4 Å². The molecule has 6 heterocycles. The lowest BCUT2D eigenvalue weighted by Gasteiger charge is -2.19. The molecule has 160 valence electrons. The third-order valence-electron chi connectivity index (χ3n) is 4.68. The number of rotatable bonds is 2. The molecule has 3 aliphatic rings. The predicted molar refractivity (Wildman–Crippen MR) is 120 cm³/mol. The maximum absolute atomic E-state index is 6.06. The van der Waals surface area contributed by atoms with Crippen LogP contribution in [0.5, 0.6) is 34.5 Å². The summed E-state index contributed by atoms with van der Waals surface area (Å²) in [4.78, 5) is 5.19. The van der Waals surface area contributed by atoms with Crippen LogP contribution in [0, 0.1) is 6.92 Å². The van der Waals surface area contributed by atoms with E-state index in [0.717, 1.165) is 58.9 Å². The lowest BCUT2D eigenvalue weighted by molar-refractivity contribution is 0.171. The molecule has 0 atom stereocenters. The van der Waals surface area contributed by atoms with Crippen LogP contribution in [0.15, 0.2) is 5.38 Å². The van der Waals surface area contributed by atoms with Gasteiger partial charge in [-0.15, -0.1) is 34.0 Å². The number of thiophene rings is 3. The first-order valence-corrected chi connectivity index (χ1v) is 12.5. The summed E-state index contributed by atoms with van der Waals surface area (Å²) in [6, 6.07) is 0. The first-order chi connectivity index (χ1) is 14.8. The summed E-state index contributed by atoms with van der Waals surface area (Å²) < 4.78 is 35.5. The molecule has 0 bridgehead atoms. The molecular weight excluding hydrogens is 444 g/mol. The Kier molecular flexibility index (Phi) is 5.43. The van der Waals surface area contributed by atoms with Gasteiger partial charge in [0, 0.05) is 10.3 Å². The molecule has 6 rings (SSSR count). The Labute approximate surface area is 186 Å². The highest BCUT2D eigenvalue weighted by atomic mass is 32.1. The van der Waals surface area contributed by atoms with Crippen LogP contribution in [0.2, 0.25) is 0 Å². The monoisotopic (exact) mass is 466 g/mol. The first kappa shape index (κ1) is 19.8. The van der Waals surface area contributed by atoms with Crippen molar-refractivity contribution in [1.29, 1.82) is 0 Å². The highest BCUT2D eigenvalue weighted by Crippen LogP contribution is 2.61. The molecule has 0 amide bonds. The Hall–Kier alpha value is -2.10. The van der Waals surface area contributed by atoms with E-state index in [-0.39, 0.29) is 0 Å². The topological polar surface area (TPSA) is 55.4 Å². The van der Waals surface area contributed by atoms with Gasteiger partial charge in [0.1, 0.15) is 39.6 Å². The van der Waals surface area contributed by atoms with Crippen LogP contribution in [0.4, 0.5) is 0 Å². The summed E-state index contributed by atoms with van der Waals surface area (Å²) in [5.74, 6) is 4.81. The molecule has 3 aromatic rings. The molecule has 3 aliphatic heterocycles. The van der Waals surface area contributed by atoms with Gasteiger partial charge >= 0.3 is 0 Å². The van der Waals surface area contributed by atoms with Crippen LogP contribution in [0.3, 0.4) is 0 Å². The molecule has 0 fully saturated rings. The van der Waals surface area contributed by atoms with Crippen LogP contribution in [-0.4, -0.2) is 39.6 Å². The molecule has 30 heavy (non-hydrogen) atoms. The lowest BCUT2D eigenvalue weighted by atomic mass is 10.2. The van der Waals surface area contributed by atoms with Gasteiger partial charge in [-0.2, -0.15) is 0 Å². The van der Waals surface area contributed by atoms with Gasteiger partial charge in [0.2, 0.25) is 0 Å². The number of hydrogen-bond acceptors (Lipinski definition) is 9. The van der Waals surface area contributed by atoms with E-state index < -0.39 is 0 Å². The highest BCUT2D eigenvalue weighted by Gasteiger charge is 2.34. The van der Waals surface area contributed by atoms with E-state index >= 15 is 0 Å². The molecule has 6 nitrogen and oxygen atoms in total. The van der Waals surface area contributed by atoms with Crippen molar-refractivity contribution < 1.29 is 28.4 Å². The zero-order chi connectivity index (χ0) is 20.7. The minimum absolute atomic E-state index is 0.530. The van der Waals surface area contributed by atoms with Gasteiger partial charge in [-0.3, -0.25) is 0 Å². The van der Waals surface area contributed by atoms with E-state index in [2.05, 4.69) is 6.92 Å². The van der Waals surface area contributed by atoms with Gasteiger partial charge in [0.25, 0.3) is 0 Å². The van der Waals surface area contributed by atoms with Crippen LogP contribution in [-0.2, 0) is 0 Å². The van der Waals surface area contributed by atoms with Crippen molar-refractivity contribution >= 4 is 34.0 Å². The van der Waals surface area contributed by atoms with Gasteiger partial charge in [0.15, 0.2) is 34.5 Å². The SMILES string of the molecule is CC.Cc1sc(-c2sc(-c3scc4c3OCCO4)c3c2OCCO3)c2c1OCCO2. The summed E-state index contributed by atoms with van der Waals surface area (Å²) in [5, 5.41) is 1.99. The van der Waals surface area contributed by atoms with Crippen molar-refractivity contribution in [3.63, 3.8) is 0 Å². The van der Waals surface area contributed by atoms with E-state index in [1.807, 2.05) is 19.2 Å². The zero-order valence-corrected chi connectivity index (χ0v) is 19.4. The third kappa shape index (κ3) is 3.11. The van der Waals surface area contributed by atoms with E-state index in [0.29, 0.717) is 39.6 Å². The van der Waals surface area contributed by atoms with Crippen molar-refractivity contribution in [2.24, 2.45) is 0 Å². The molecule has 9 heteroatoms. The normalized spacial score (nSPS) is 16.0. The van der Waals surface area contributed by atoms with Gasteiger partial charge in [0.05, 0.1) is 19.5 Å². The van der Waals surface area contributed by atoms with Crippen LogP contribution in [0.25, 0.3) is 19.5 Å². The molecule has 0 saturated heterocycles. The average Bonchev–Trinajstić information content (AvgIpc) is 3.49. The van der Waals surface area contributed by atoms with Crippen LogP contribution >= 0.6 is 34.0 Å². The Morgan fingerprint density at radius 3 is 1.70 bits per heavy atom. The van der Waals surface area contributed by atoms with E-state index in [4.69, 9.17) is 28.4 Å². The fourth-order valence-corrected chi connectivity index (χ4v) is 6.94. The average molecular weight is 467 g/mol. The number of fused-ring (bicyclic) bond motifs is 3. The molecule has 3 aromatic heterocycles. The summed E-state index contributed by atoms with van der Waals surface area (Å²) >= 11 is 4.92. The van der Waals surface area contributed by atoms with Gasteiger partial charge in [-0.25, -0.2) is 0 Å². The molecule has 0 unspecified atom stereocenters. The summed E-state index contributed by atoms with van der Waals surface area (Å²) in [7, 11) is 0. The zero-order valence-electron chi connectivity index (χ0n) is 17.0. The first-order valence-electron chi connectivity index (χ1n) is 10.0. The fraction of sp³-hybridized carbons (Fsp3) is 0.429. The van der Waals surface area contributed by atoms with E-state index in [1.54, 1.807) is 34.0 Å². The highest BCUT2D eigenvalue weighted by molar-refractivity contribution is 7.27. The smallest absolute Gasteiger partial charge is 0.181 e. The van der Waals surface area contributed by atoms with E-state index in [1.165, 1.54) is 0 Å². The summed E-state index contributed by atoms with van der Waals surface area (Å²) in [6.45, 7) is 9.38. The predicted octanol–water partition coefficient (Wildman–Crippen LogP) is 5.85. The third-order valence-corrected chi connectivity index (χ3v) is 8.16. The van der Waals surface area contributed by atoms with Crippen LogP contribution in [0.1, 0.15) is 18.7 Å². The lowest BCUT2D eigenvalue weighted by Crippen LogP contribution is -2.16. The van der Waals surface area contributed by atoms with Crippen molar-refractivity contribution in [1.82, 2.24) is 0 Å².